The van der Waals surface area contributed by atoms with Gasteiger partial charge in [-0.2, -0.15) is 0 Å². The van der Waals surface area contributed by atoms with E-state index < -0.39 is 11.8 Å². The number of thiazole rings is 1. The molecule has 2 aromatic rings. The molecule has 0 radical (unpaired) electrons. The predicted molar refractivity (Wildman–Crippen MR) is 97.4 cm³/mol. The van der Waals surface area contributed by atoms with Crippen LogP contribution >= 0.6 is 22.7 Å². The van der Waals surface area contributed by atoms with Gasteiger partial charge < -0.3 is 15.0 Å². The Morgan fingerprint density at radius 2 is 1.96 bits per heavy atom. The number of ether oxygens (including phenoxy) is 1. The Labute approximate surface area is 157 Å². The lowest BCUT2D eigenvalue weighted by Crippen LogP contribution is -2.46. The molecule has 3 N–H and O–H groups in total. The molecule has 0 atom stereocenters. The number of aromatic nitrogens is 1. The third-order valence-corrected chi connectivity index (χ3v) is 5.25. The van der Waals surface area contributed by atoms with E-state index >= 15 is 0 Å². The van der Waals surface area contributed by atoms with Gasteiger partial charge in [0, 0.05) is 18.5 Å². The van der Waals surface area contributed by atoms with Gasteiger partial charge in [-0.15, -0.1) is 22.7 Å². The van der Waals surface area contributed by atoms with Gasteiger partial charge in [0.05, 0.1) is 24.6 Å². The van der Waals surface area contributed by atoms with Gasteiger partial charge in [0.2, 0.25) is 0 Å². The average molecular weight is 395 g/mol. The molecule has 1 saturated heterocycles. The Balaban J connectivity index is 1.42. The van der Waals surface area contributed by atoms with Crippen LogP contribution in [0, 0.1) is 0 Å². The van der Waals surface area contributed by atoms with Crippen LogP contribution in [0.4, 0.5) is 5.13 Å². The number of morpholine rings is 1. The number of nitrogens with zero attached hydrogens (tertiary/aromatic N) is 2. The molecule has 0 saturated carbocycles. The number of hydrogen-bond donors (Lipinski definition) is 3. The van der Waals surface area contributed by atoms with Crippen molar-refractivity contribution in [2.24, 2.45) is 0 Å². The summed E-state index contributed by atoms with van der Waals surface area (Å²) in [6, 6.07) is 3.41. The van der Waals surface area contributed by atoms with E-state index in [2.05, 4.69) is 21.2 Å². The van der Waals surface area contributed by atoms with Crippen LogP contribution in [0.1, 0.15) is 20.2 Å². The lowest BCUT2D eigenvalue weighted by Gasteiger charge is -2.25. The van der Waals surface area contributed by atoms with E-state index in [9.17, 15) is 14.4 Å². The van der Waals surface area contributed by atoms with Gasteiger partial charge in [0.1, 0.15) is 5.69 Å². The van der Waals surface area contributed by atoms with Gasteiger partial charge in [-0.05, 0) is 11.4 Å². The highest BCUT2D eigenvalue weighted by molar-refractivity contribution is 7.14. The molecular weight excluding hydrogens is 378 g/mol. The first-order chi connectivity index (χ1) is 12.6. The smallest absolute Gasteiger partial charge is 0.289 e. The Morgan fingerprint density at radius 1 is 1.15 bits per heavy atom. The Morgan fingerprint density at radius 3 is 2.69 bits per heavy atom. The quantitative estimate of drug-likeness (QED) is 0.625. The van der Waals surface area contributed by atoms with E-state index in [4.69, 9.17) is 4.74 Å². The van der Waals surface area contributed by atoms with Crippen LogP contribution in [0.25, 0.3) is 0 Å². The van der Waals surface area contributed by atoms with Crippen LogP contribution in [-0.2, 0) is 9.53 Å². The maximum Gasteiger partial charge on any atom is 0.289 e. The van der Waals surface area contributed by atoms with Crippen molar-refractivity contribution in [1.29, 1.82) is 0 Å². The molecule has 0 aromatic carbocycles. The number of carbonyl (C=O) groups is 3. The molecule has 2 aromatic heterocycles. The molecule has 26 heavy (non-hydrogen) atoms. The van der Waals surface area contributed by atoms with E-state index in [-0.39, 0.29) is 18.1 Å². The predicted octanol–water partition coefficient (Wildman–Crippen LogP) is 0.232. The largest absolute Gasteiger partial charge is 0.378 e. The fourth-order valence-corrected chi connectivity index (χ4v) is 3.66. The second kappa shape index (κ2) is 8.74. The topological polar surface area (TPSA) is 113 Å². The number of thiophene rings is 1. The summed E-state index contributed by atoms with van der Waals surface area (Å²) in [5, 5.41) is 6.62. The van der Waals surface area contributed by atoms with E-state index in [1.807, 2.05) is 4.90 Å². The molecule has 1 fully saturated rings. The minimum Gasteiger partial charge on any atom is -0.378 e. The van der Waals surface area contributed by atoms with Crippen molar-refractivity contribution in [3.8, 4) is 0 Å². The van der Waals surface area contributed by atoms with Crippen LogP contribution in [0.15, 0.2) is 22.9 Å². The second-order valence-electron chi connectivity index (χ2n) is 5.28. The lowest BCUT2D eigenvalue weighted by atomic mass is 10.4. The molecule has 3 heterocycles. The average Bonchev–Trinajstić information content (AvgIpc) is 3.37. The van der Waals surface area contributed by atoms with Crippen molar-refractivity contribution in [1.82, 2.24) is 21.2 Å². The van der Waals surface area contributed by atoms with Gasteiger partial charge in [0.15, 0.2) is 5.13 Å². The number of carbonyl (C=O) groups excluding carboxylic acids is 3. The molecule has 11 heteroatoms. The fraction of sp³-hybridized carbons (Fsp3) is 0.333. The molecule has 3 amide bonds. The summed E-state index contributed by atoms with van der Waals surface area (Å²) in [5.41, 5.74) is 4.76. The van der Waals surface area contributed by atoms with Crippen LogP contribution in [0.2, 0.25) is 0 Å². The first kappa shape index (κ1) is 18.3. The number of hydrazine groups is 1. The first-order valence-electron chi connectivity index (χ1n) is 7.82. The molecule has 9 nitrogen and oxygen atoms in total. The van der Waals surface area contributed by atoms with Crippen LogP contribution in [0.3, 0.4) is 0 Å². The maximum absolute atomic E-state index is 12.1. The molecule has 0 aliphatic carbocycles. The van der Waals surface area contributed by atoms with Crippen molar-refractivity contribution in [2.45, 2.75) is 0 Å². The zero-order chi connectivity index (χ0) is 18.4. The van der Waals surface area contributed by atoms with Crippen LogP contribution in [-0.4, -0.2) is 55.6 Å². The van der Waals surface area contributed by atoms with Crippen molar-refractivity contribution >= 4 is 45.5 Å². The van der Waals surface area contributed by atoms with E-state index in [0.717, 1.165) is 18.2 Å². The van der Waals surface area contributed by atoms with Crippen molar-refractivity contribution < 1.29 is 19.1 Å². The third-order valence-electron chi connectivity index (χ3n) is 3.48. The summed E-state index contributed by atoms with van der Waals surface area (Å²) < 4.78 is 5.28. The number of amides is 3. The van der Waals surface area contributed by atoms with E-state index in [1.54, 1.807) is 22.9 Å². The summed E-state index contributed by atoms with van der Waals surface area (Å²) in [7, 11) is 0. The maximum atomic E-state index is 12.1. The minimum absolute atomic E-state index is 0.222. The molecule has 1 aliphatic rings. The van der Waals surface area contributed by atoms with Gasteiger partial charge in [-0.3, -0.25) is 25.2 Å². The summed E-state index contributed by atoms with van der Waals surface area (Å²) in [6.07, 6.45) is 0. The molecule has 0 spiro atoms. The SMILES string of the molecule is O=C(CNC(=O)c1cccs1)NNC(=O)c1csc(N2CCOCC2)n1. The van der Waals surface area contributed by atoms with E-state index in [0.29, 0.717) is 18.1 Å². The summed E-state index contributed by atoms with van der Waals surface area (Å²) >= 11 is 2.64. The van der Waals surface area contributed by atoms with Crippen molar-refractivity contribution in [2.75, 3.05) is 37.7 Å². The van der Waals surface area contributed by atoms with Crippen molar-refractivity contribution in [3.05, 3.63) is 33.5 Å². The number of rotatable bonds is 5. The van der Waals surface area contributed by atoms with Crippen LogP contribution < -0.4 is 21.1 Å². The standard InChI is InChI=1S/C15H17N5O4S2/c21-12(8-16-14(23)11-2-1-7-25-11)18-19-13(22)10-9-26-15(17-10)20-3-5-24-6-4-20/h1-2,7,9H,3-6,8H2,(H,16,23)(H,18,21)(H,19,22). The van der Waals surface area contributed by atoms with Gasteiger partial charge >= 0.3 is 0 Å². The number of anilines is 1. The molecule has 1 aliphatic heterocycles. The van der Waals surface area contributed by atoms with Crippen LogP contribution in [0.5, 0.6) is 0 Å². The third kappa shape index (κ3) is 4.77. The molecule has 3 rings (SSSR count). The summed E-state index contributed by atoms with van der Waals surface area (Å²) in [4.78, 5) is 42.4. The lowest BCUT2D eigenvalue weighted by molar-refractivity contribution is -0.120. The highest BCUT2D eigenvalue weighted by Gasteiger charge is 2.18. The summed E-state index contributed by atoms with van der Waals surface area (Å²) in [6.45, 7) is 2.49. The normalized spacial score (nSPS) is 13.9. The molecule has 0 unspecified atom stereocenters. The number of nitrogens with one attached hydrogen (secondary N) is 3. The molecular formula is C15H17N5O4S2. The molecule has 0 bridgehead atoms. The summed E-state index contributed by atoms with van der Waals surface area (Å²) in [5.74, 6) is -1.39. The number of hydrogen-bond acceptors (Lipinski definition) is 8. The highest BCUT2D eigenvalue weighted by atomic mass is 32.1. The Kier molecular flexibility index (Phi) is 6.15. The molecule has 138 valence electrons. The van der Waals surface area contributed by atoms with Gasteiger partial charge in [0.25, 0.3) is 17.7 Å². The highest BCUT2D eigenvalue weighted by Crippen LogP contribution is 2.21. The van der Waals surface area contributed by atoms with E-state index in [1.165, 1.54) is 22.7 Å². The monoisotopic (exact) mass is 395 g/mol. The van der Waals surface area contributed by atoms with Gasteiger partial charge in [-0.25, -0.2) is 4.98 Å². The van der Waals surface area contributed by atoms with Gasteiger partial charge in [-0.1, -0.05) is 6.07 Å². The Hall–Kier alpha value is -2.50. The minimum atomic E-state index is -0.535. The second-order valence-corrected chi connectivity index (χ2v) is 7.06. The van der Waals surface area contributed by atoms with Crippen molar-refractivity contribution in [3.63, 3.8) is 0 Å². The zero-order valence-electron chi connectivity index (χ0n) is 13.7. The fourth-order valence-electron chi connectivity index (χ4n) is 2.16. The first-order valence-corrected chi connectivity index (χ1v) is 9.58. The Bertz CT molecular complexity index is 771. The zero-order valence-corrected chi connectivity index (χ0v) is 15.3.